The number of hydrogen-bond donors (Lipinski definition) is 2. The van der Waals surface area contributed by atoms with E-state index in [9.17, 15) is 50.6 Å². The lowest BCUT2D eigenvalue weighted by Crippen LogP contribution is -2.52. The maximum atomic E-state index is 14.5. The molecule has 0 aliphatic carbocycles. The SMILES string of the molecule is CN1C(=O)[C@H](c2ccc(S(F)(F)(F)(F)F)cc2)[C@@](C)(c2cc(F)c(F)cc2F)N=C1N.O=C(O)C(F)(F)F. The first kappa shape index (κ1) is 30.7. The average molecular weight is 587 g/mol. The van der Waals surface area contributed by atoms with E-state index in [2.05, 4.69) is 4.99 Å². The number of alkyl halides is 3. The molecular formula is C20H16F11N3O3S. The van der Waals surface area contributed by atoms with Crippen LogP contribution >= 0.6 is 10.2 Å². The summed E-state index contributed by atoms with van der Waals surface area (Å²) in [5.41, 5.74) is 2.81. The number of hydrogen-bond acceptors (Lipinski definition) is 4. The average Bonchev–Trinajstić information content (AvgIpc) is 2.73. The van der Waals surface area contributed by atoms with E-state index < -0.39 is 73.6 Å². The van der Waals surface area contributed by atoms with Gasteiger partial charge in [-0.05, 0) is 30.7 Å². The third-order valence-corrected chi connectivity index (χ3v) is 6.45. The van der Waals surface area contributed by atoms with Crippen LogP contribution in [-0.2, 0) is 15.1 Å². The fourth-order valence-electron chi connectivity index (χ4n) is 3.44. The van der Waals surface area contributed by atoms with Gasteiger partial charge in [-0.15, -0.1) is 0 Å². The molecule has 2 aromatic rings. The Labute approximate surface area is 206 Å². The monoisotopic (exact) mass is 587 g/mol. The number of rotatable bonds is 3. The molecule has 0 saturated carbocycles. The molecule has 1 aliphatic rings. The Hall–Kier alpha value is -3.57. The summed E-state index contributed by atoms with van der Waals surface area (Å²) in [5, 5.41) is 7.12. The molecular weight excluding hydrogens is 571 g/mol. The summed E-state index contributed by atoms with van der Waals surface area (Å²) in [5.74, 6) is -9.91. The van der Waals surface area contributed by atoms with E-state index in [-0.39, 0.29) is 23.8 Å². The fraction of sp³-hybridized carbons (Fsp3) is 0.250. The van der Waals surface area contributed by atoms with Crippen LogP contribution in [0.3, 0.4) is 0 Å². The van der Waals surface area contributed by atoms with Gasteiger partial charge in [0.2, 0.25) is 5.91 Å². The van der Waals surface area contributed by atoms with Crippen molar-refractivity contribution in [2.45, 2.75) is 29.5 Å². The molecule has 6 nitrogen and oxygen atoms in total. The highest BCUT2D eigenvalue weighted by Gasteiger charge is 2.65. The van der Waals surface area contributed by atoms with Crippen LogP contribution in [0.1, 0.15) is 24.0 Å². The number of carboxylic acids is 1. The number of aliphatic imine (C=N–C) groups is 1. The van der Waals surface area contributed by atoms with Gasteiger partial charge < -0.3 is 10.8 Å². The number of carbonyl (C=O) groups is 2. The van der Waals surface area contributed by atoms with E-state index in [1.165, 1.54) is 7.05 Å². The molecule has 0 saturated heterocycles. The first-order valence-electron chi connectivity index (χ1n) is 9.71. The van der Waals surface area contributed by atoms with E-state index >= 15 is 0 Å². The van der Waals surface area contributed by atoms with Crippen LogP contribution in [-0.4, -0.2) is 41.1 Å². The number of carbonyl (C=O) groups excluding carboxylic acids is 1. The number of nitrogens with zero attached hydrogens (tertiary/aromatic N) is 2. The van der Waals surface area contributed by atoms with Gasteiger partial charge in [-0.25, -0.2) is 23.0 Å². The summed E-state index contributed by atoms with van der Waals surface area (Å²) < 4.78 is 139. The predicted octanol–water partition coefficient (Wildman–Crippen LogP) is 6.18. The van der Waals surface area contributed by atoms with Crippen molar-refractivity contribution in [3.63, 3.8) is 0 Å². The molecule has 212 valence electrons. The van der Waals surface area contributed by atoms with Crippen LogP contribution < -0.4 is 5.73 Å². The number of benzene rings is 2. The minimum absolute atomic E-state index is 0.0911. The van der Waals surface area contributed by atoms with Crippen molar-refractivity contribution in [2.24, 2.45) is 10.7 Å². The minimum atomic E-state index is -9.98. The van der Waals surface area contributed by atoms with Gasteiger partial charge in [-0.3, -0.25) is 9.69 Å². The summed E-state index contributed by atoms with van der Waals surface area (Å²) in [6.07, 6.45) is -5.08. The molecule has 0 fully saturated rings. The van der Waals surface area contributed by atoms with Crippen molar-refractivity contribution in [1.29, 1.82) is 0 Å². The Kier molecular flexibility index (Phi) is 7.05. The lowest BCUT2D eigenvalue weighted by molar-refractivity contribution is -0.192. The van der Waals surface area contributed by atoms with Gasteiger partial charge in [0.15, 0.2) is 17.6 Å². The Bertz CT molecular complexity index is 1310. The summed E-state index contributed by atoms with van der Waals surface area (Å²) in [6.45, 7) is 1.14. The van der Waals surface area contributed by atoms with Crippen LogP contribution in [0.5, 0.6) is 0 Å². The highest BCUT2D eigenvalue weighted by atomic mass is 32.5. The van der Waals surface area contributed by atoms with Crippen LogP contribution in [0.2, 0.25) is 0 Å². The minimum Gasteiger partial charge on any atom is -0.475 e. The predicted molar refractivity (Wildman–Crippen MR) is 112 cm³/mol. The van der Waals surface area contributed by atoms with Crippen molar-refractivity contribution in [3.05, 3.63) is 65.0 Å². The number of guanidine groups is 1. The van der Waals surface area contributed by atoms with Gasteiger partial charge >= 0.3 is 22.4 Å². The number of halogens is 11. The smallest absolute Gasteiger partial charge is 0.475 e. The maximum Gasteiger partial charge on any atom is 0.490 e. The second-order valence-corrected chi connectivity index (χ2v) is 10.4. The Morgan fingerprint density at radius 1 is 1.00 bits per heavy atom. The lowest BCUT2D eigenvalue weighted by Gasteiger charge is -2.42. The van der Waals surface area contributed by atoms with Gasteiger partial charge in [0.05, 0.1) is 5.92 Å². The van der Waals surface area contributed by atoms with Gasteiger partial charge in [0.25, 0.3) is 0 Å². The van der Waals surface area contributed by atoms with Crippen molar-refractivity contribution in [2.75, 3.05) is 7.05 Å². The van der Waals surface area contributed by atoms with Crippen LogP contribution in [0.15, 0.2) is 46.3 Å². The molecule has 2 aromatic carbocycles. The van der Waals surface area contributed by atoms with Crippen molar-refractivity contribution in [1.82, 2.24) is 4.90 Å². The quantitative estimate of drug-likeness (QED) is 0.331. The van der Waals surface area contributed by atoms with Crippen LogP contribution in [0.4, 0.5) is 45.8 Å². The van der Waals surface area contributed by atoms with E-state index in [0.717, 1.165) is 11.8 Å². The number of carboxylic acid groups (broad SMARTS) is 1. The lowest BCUT2D eigenvalue weighted by atomic mass is 9.74. The Balaban J connectivity index is 0.000000638. The van der Waals surface area contributed by atoms with Crippen molar-refractivity contribution < 1.29 is 60.5 Å². The van der Waals surface area contributed by atoms with Crippen LogP contribution in [0, 0.1) is 17.5 Å². The number of likely N-dealkylation sites (N-methyl/N-ethyl adjacent to an activating group) is 1. The number of amides is 1. The second kappa shape index (κ2) is 8.74. The molecule has 0 unspecified atom stereocenters. The first-order valence-corrected chi connectivity index (χ1v) is 11.7. The molecule has 1 amide bonds. The second-order valence-electron chi connectivity index (χ2n) is 8.03. The number of nitrogens with two attached hydrogens (primary N) is 1. The highest BCUT2D eigenvalue weighted by molar-refractivity contribution is 8.45. The van der Waals surface area contributed by atoms with E-state index in [1.807, 2.05) is 0 Å². The molecule has 3 rings (SSSR count). The summed E-state index contributed by atoms with van der Waals surface area (Å²) in [6, 6.07) is 2.10. The summed E-state index contributed by atoms with van der Waals surface area (Å²) in [7, 11) is -8.80. The van der Waals surface area contributed by atoms with Crippen molar-refractivity contribution >= 4 is 28.1 Å². The normalized spacial score (nSPS) is 22.0. The van der Waals surface area contributed by atoms with Gasteiger partial charge in [0, 0.05) is 18.7 Å². The van der Waals surface area contributed by atoms with E-state index in [0.29, 0.717) is 18.2 Å². The zero-order valence-electron chi connectivity index (χ0n) is 18.8. The van der Waals surface area contributed by atoms with E-state index in [4.69, 9.17) is 15.6 Å². The van der Waals surface area contributed by atoms with E-state index in [1.54, 1.807) is 0 Å². The standard InChI is InChI=1S/C18H15F8N3OS.C2HF3O2/c1-18(11-7-13(20)14(21)8-12(11)19)15(16(30)29(2)17(27)28-18)9-3-5-10(6-4-9)31(22,23,24,25)26;3-2(4,5)1(6)7/h3-8,15H,1-2H3,(H2,27,28);(H,6,7)/t15-,18+;/m0./s1. The molecule has 1 heterocycles. The van der Waals surface area contributed by atoms with Crippen LogP contribution in [0.25, 0.3) is 0 Å². The Morgan fingerprint density at radius 3 is 1.87 bits per heavy atom. The fourth-order valence-corrected chi connectivity index (χ4v) is 4.09. The molecule has 0 spiro atoms. The summed E-state index contributed by atoms with van der Waals surface area (Å²) >= 11 is 0. The third-order valence-electron chi connectivity index (χ3n) is 5.29. The number of aliphatic carboxylic acids is 1. The topological polar surface area (TPSA) is 96.0 Å². The largest absolute Gasteiger partial charge is 0.490 e. The molecule has 38 heavy (non-hydrogen) atoms. The maximum absolute atomic E-state index is 14.5. The zero-order valence-corrected chi connectivity index (χ0v) is 19.7. The molecule has 18 heteroatoms. The third kappa shape index (κ3) is 6.28. The molecule has 2 atom stereocenters. The van der Waals surface area contributed by atoms with Crippen molar-refractivity contribution in [3.8, 4) is 0 Å². The molecule has 3 N–H and O–H groups in total. The summed E-state index contributed by atoms with van der Waals surface area (Å²) in [4.78, 5) is 24.4. The first-order chi connectivity index (χ1) is 16.8. The molecule has 0 aromatic heterocycles. The van der Waals surface area contributed by atoms with Gasteiger partial charge in [-0.2, -0.15) is 13.2 Å². The Morgan fingerprint density at radius 2 is 1.45 bits per heavy atom. The highest BCUT2D eigenvalue weighted by Crippen LogP contribution is 3.02. The molecule has 0 radical (unpaired) electrons. The van der Waals surface area contributed by atoms with Gasteiger partial charge in [-0.1, -0.05) is 31.6 Å². The molecule has 0 bridgehead atoms. The molecule has 1 aliphatic heterocycles. The van der Waals surface area contributed by atoms with Gasteiger partial charge in [0.1, 0.15) is 16.3 Å². The zero-order chi connectivity index (χ0) is 29.7.